The molecule has 1 aliphatic rings. The van der Waals surface area contributed by atoms with Gasteiger partial charge in [0.2, 0.25) is 0 Å². The van der Waals surface area contributed by atoms with E-state index in [0.717, 1.165) is 25.9 Å². The van der Waals surface area contributed by atoms with Gasteiger partial charge < -0.3 is 10.6 Å². The molecule has 0 spiro atoms. The number of hydrogen-bond donors (Lipinski definition) is 2. The van der Waals surface area contributed by atoms with Gasteiger partial charge in [0.05, 0.1) is 6.04 Å². The number of nitrogens with one attached hydrogen (secondary N) is 2. The maximum Gasteiger partial charge on any atom is 0.0688 e. The molecule has 1 atom stereocenters. The Kier molecular flexibility index (Phi) is 4.88. The summed E-state index contributed by atoms with van der Waals surface area (Å²) in [5.74, 6) is 2.82. The van der Waals surface area contributed by atoms with Gasteiger partial charge in [0, 0.05) is 6.04 Å². The first-order valence-electron chi connectivity index (χ1n) is 5.29. The molecular formula is C11H20N2. The van der Waals surface area contributed by atoms with Gasteiger partial charge in [0.25, 0.3) is 0 Å². The van der Waals surface area contributed by atoms with E-state index >= 15 is 0 Å². The van der Waals surface area contributed by atoms with Gasteiger partial charge in [0.15, 0.2) is 0 Å². The average molecular weight is 180 g/mol. The molecule has 0 saturated carbocycles. The molecule has 0 aromatic rings. The third kappa shape index (κ3) is 3.80. The van der Waals surface area contributed by atoms with E-state index in [9.17, 15) is 0 Å². The Balaban J connectivity index is 2.24. The largest absolute Gasteiger partial charge is 0.317 e. The molecule has 0 aromatic carbocycles. The highest BCUT2D eigenvalue weighted by molar-refractivity contribution is 5.00. The summed E-state index contributed by atoms with van der Waals surface area (Å²) in [6.45, 7) is 4.43. The van der Waals surface area contributed by atoms with Gasteiger partial charge in [-0.05, 0) is 32.4 Å². The fourth-order valence-corrected chi connectivity index (χ4v) is 1.78. The van der Waals surface area contributed by atoms with Crippen LogP contribution in [0.1, 0.15) is 32.6 Å². The first-order valence-corrected chi connectivity index (χ1v) is 5.29. The molecule has 74 valence electrons. The van der Waals surface area contributed by atoms with Gasteiger partial charge in [0.1, 0.15) is 0 Å². The highest BCUT2D eigenvalue weighted by Crippen LogP contribution is 2.05. The van der Waals surface area contributed by atoms with E-state index in [1.165, 1.54) is 12.8 Å². The van der Waals surface area contributed by atoms with E-state index < -0.39 is 0 Å². The quantitative estimate of drug-likeness (QED) is 0.634. The minimum atomic E-state index is 0.285. The molecular weight excluding hydrogens is 160 g/mol. The lowest BCUT2D eigenvalue weighted by atomic mass is 10.0. The zero-order chi connectivity index (χ0) is 9.52. The molecule has 2 N–H and O–H groups in total. The molecule has 1 heterocycles. The van der Waals surface area contributed by atoms with Crippen LogP contribution in [-0.2, 0) is 0 Å². The molecule has 0 aliphatic carbocycles. The van der Waals surface area contributed by atoms with Crippen molar-refractivity contribution in [2.75, 3.05) is 13.1 Å². The molecule has 2 heteroatoms. The van der Waals surface area contributed by atoms with Crippen LogP contribution < -0.4 is 10.6 Å². The molecule has 0 amide bonds. The van der Waals surface area contributed by atoms with Crippen LogP contribution in [0, 0.1) is 12.3 Å². The Labute approximate surface area is 81.5 Å². The first kappa shape index (κ1) is 10.6. The van der Waals surface area contributed by atoms with E-state index in [-0.39, 0.29) is 6.04 Å². The summed E-state index contributed by atoms with van der Waals surface area (Å²) in [6.07, 6.45) is 10.1. The van der Waals surface area contributed by atoms with Gasteiger partial charge >= 0.3 is 0 Å². The fraction of sp³-hybridized carbons (Fsp3) is 0.818. The standard InChI is InChI=1S/C11H20N2/c1-3-5-10(4-2)13-11-6-8-12-9-7-11/h2,10-13H,3,5-9H2,1H3. The maximum atomic E-state index is 5.45. The van der Waals surface area contributed by atoms with Crippen molar-refractivity contribution in [1.29, 1.82) is 0 Å². The second kappa shape index (κ2) is 6.01. The van der Waals surface area contributed by atoms with E-state index in [0.29, 0.717) is 6.04 Å². The Morgan fingerprint density at radius 3 is 2.77 bits per heavy atom. The van der Waals surface area contributed by atoms with Crippen LogP contribution in [0.2, 0.25) is 0 Å². The molecule has 1 rings (SSSR count). The average Bonchev–Trinajstić information content (AvgIpc) is 2.19. The Bertz CT molecular complexity index is 165. The summed E-state index contributed by atoms with van der Waals surface area (Å²) in [5.41, 5.74) is 0. The van der Waals surface area contributed by atoms with Crippen LogP contribution in [0.15, 0.2) is 0 Å². The highest BCUT2D eigenvalue weighted by atomic mass is 15.0. The second-order valence-electron chi connectivity index (χ2n) is 3.70. The van der Waals surface area contributed by atoms with Crippen molar-refractivity contribution >= 4 is 0 Å². The molecule has 1 unspecified atom stereocenters. The Hall–Kier alpha value is -0.520. The number of terminal acetylenes is 1. The molecule has 0 aromatic heterocycles. The summed E-state index contributed by atoms with van der Waals surface area (Å²) >= 11 is 0. The number of hydrogen-bond acceptors (Lipinski definition) is 2. The van der Waals surface area contributed by atoms with Crippen LogP contribution in [0.5, 0.6) is 0 Å². The SMILES string of the molecule is C#CC(CCC)NC1CCNCC1. The van der Waals surface area contributed by atoms with E-state index in [2.05, 4.69) is 23.5 Å². The van der Waals surface area contributed by atoms with Crippen LogP contribution >= 0.6 is 0 Å². The molecule has 0 radical (unpaired) electrons. The molecule has 1 saturated heterocycles. The van der Waals surface area contributed by atoms with Gasteiger partial charge in [-0.15, -0.1) is 6.42 Å². The first-order chi connectivity index (χ1) is 6.36. The molecule has 0 bridgehead atoms. The minimum absolute atomic E-state index is 0.285. The highest BCUT2D eigenvalue weighted by Gasteiger charge is 2.15. The molecule has 1 aliphatic heterocycles. The second-order valence-corrected chi connectivity index (χ2v) is 3.70. The number of piperidine rings is 1. The van der Waals surface area contributed by atoms with Gasteiger partial charge in [-0.3, -0.25) is 0 Å². The van der Waals surface area contributed by atoms with Crippen molar-refractivity contribution in [1.82, 2.24) is 10.6 Å². The lowest BCUT2D eigenvalue weighted by Crippen LogP contribution is -2.44. The van der Waals surface area contributed by atoms with Crippen LogP contribution in [-0.4, -0.2) is 25.2 Å². The monoisotopic (exact) mass is 180 g/mol. The van der Waals surface area contributed by atoms with E-state index in [1.807, 2.05) is 0 Å². The zero-order valence-corrected chi connectivity index (χ0v) is 8.47. The summed E-state index contributed by atoms with van der Waals surface area (Å²) in [6, 6.07) is 0.918. The Morgan fingerprint density at radius 2 is 2.23 bits per heavy atom. The third-order valence-corrected chi connectivity index (χ3v) is 2.55. The normalized spacial score (nSPS) is 20.9. The summed E-state index contributed by atoms with van der Waals surface area (Å²) in [4.78, 5) is 0. The minimum Gasteiger partial charge on any atom is -0.317 e. The lowest BCUT2D eigenvalue weighted by molar-refractivity contribution is 0.364. The summed E-state index contributed by atoms with van der Waals surface area (Å²) in [5, 5.41) is 6.88. The Morgan fingerprint density at radius 1 is 1.54 bits per heavy atom. The fourth-order valence-electron chi connectivity index (χ4n) is 1.78. The van der Waals surface area contributed by atoms with Crippen LogP contribution in [0.25, 0.3) is 0 Å². The van der Waals surface area contributed by atoms with Gasteiger partial charge in [-0.1, -0.05) is 19.3 Å². The third-order valence-electron chi connectivity index (χ3n) is 2.55. The molecule has 13 heavy (non-hydrogen) atoms. The lowest BCUT2D eigenvalue weighted by Gasteiger charge is -2.26. The maximum absolute atomic E-state index is 5.45. The predicted molar refractivity (Wildman–Crippen MR) is 56.6 cm³/mol. The topological polar surface area (TPSA) is 24.1 Å². The van der Waals surface area contributed by atoms with Gasteiger partial charge in [-0.25, -0.2) is 0 Å². The number of rotatable bonds is 4. The van der Waals surface area contributed by atoms with Crippen molar-refractivity contribution in [3.63, 3.8) is 0 Å². The van der Waals surface area contributed by atoms with Crippen molar-refractivity contribution in [3.8, 4) is 12.3 Å². The van der Waals surface area contributed by atoms with Crippen molar-refractivity contribution < 1.29 is 0 Å². The van der Waals surface area contributed by atoms with Crippen LogP contribution in [0.3, 0.4) is 0 Å². The van der Waals surface area contributed by atoms with Crippen molar-refractivity contribution in [2.24, 2.45) is 0 Å². The van der Waals surface area contributed by atoms with Crippen molar-refractivity contribution in [2.45, 2.75) is 44.7 Å². The smallest absolute Gasteiger partial charge is 0.0688 e. The zero-order valence-electron chi connectivity index (χ0n) is 8.47. The van der Waals surface area contributed by atoms with Crippen LogP contribution in [0.4, 0.5) is 0 Å². The van der Waals surface area contributed by atoms with Gasteiger partial charge in [-0.2, -0.15) is 0 Å². The summed E-state index contributed by atoms with van der Waals surface area (Å²) in [7, 11) is 0. The van der Waals surface area contributed by atoms with E-state index in [4.69, 9.17) is 6.42 Å². The van der Waals surface area contributed by atoms with Crippen molar-refractivity contribution in [3.05, 3.63) is 0 Å². The van der Waals surface area contributed by atoms with E-state index in [1.54, 1.807) is 0 Å². The molecule has 2 nitrogen and oxygen atoms in total. The predicted octanol–water partition coefficient (Wildman–Crippen LogP) is 1.13. The summed E-state index contributed by atoms with van der Waals surface area (Å²) < 4.78 is 0. The molecule has 1 fully saturated rings.